The van der Waals surface area contributed by atoms with Gasteiger partial charge in [0.05, 0.1) is 10.5 Å². The predicted octanol–water partition coefficient (Wildman–Crippen LogP) is 3.28. The Kier molecular flexibility index (Phi) is 4.73. The number of benzene rings is 1. The zero-order valence-electron chi connectivity index (χ0n) is 13.1. The summed E-state index contributed by atoms with van der Waals surface area (Å²) in [6, 6.07) is 3.31. The molecule has 0 saturated heterocycles. The molecule has 0 amide bonds. The van der Waals surface area contributed by atoms with E-state index in [2.05, 4.69) is 4.72 Å². The van der Waals surface area contributed by atoms with Crippen LogP contribution in [0.5, 0.6) is 0 Å². The lowest BCUT2D eigenvalue weighted by atomic mass is 9.86. The highest BCUT2D eigenvalue weighted by atomic mass is 32.2. The van der Waals surface area contributed by atoms with Crippen LogP contribution in [-0.4, -0.2) is 20.2 Å². The van der Waals surface area contributed by atoms with Gasteiger partial charge < -0.3 is 0 Å². The van der Waals surface area contributed by atoms with Gasteiger partial charge >= 0.3 is 0 Å². The predicted molar refractivity (Wildman–Crippen MR) is 82.8 cm³/mol. The number of Topliss-reactive ketones (excluding diaryl/α,β-unsaturated/α-hetero) is 1. The minimum Gasteiger partial charge on any atom is -0.293 e. The van der Waals surface area contributed by atoms with Gasteiger partial charge in [0.25, 0.3) is 0 Å². The number of hydrogen-bond acceptors (Lipinski definition) is 3. The van der Waals surface area contributed by atoms with Crippen molar-refractivity contribution in [3.63, 3.8) is 0 Å². The summed E-state index contributed by atoms with van der Waals surface area (Å²) in [6.45, 7) is 5.02. The van der Waals surface area contributed by atoms with Gasteiger partial charge in [0.15, 0.2) is 5.78 Å². The summed E-state index contributed by atoms with van der Waals surface area (Å²) in [5, 5.41) is 0. The molecule has 1 aromatic carbocycles. The van der Waals surface area contributed by atoms with Crippen molar-refractivity contribution in [3.05, 3.63) is 29.6 Å². The number of ketones is 1. The fourth-order valence-electron chi connectivity index (χ4n) is 2.58. The maximum absolute atomic E-state index is 13.9. The zero-order chi connectivity index (χ0) is 16.5. The van der Waals surface area contributed by atoms with Gasteiger partial charge in [0, 0.05) is 11.5 Å². The fraction of sp³-hybridized carbons (Fsp3) is 0.562. The summed E-state index contributed by atoms with van der Waals surface area (Å²) < 4.78 is 41.3. The molecule has 1 aromatic rings. The Balaban J connectivity index is 2.34. The fourth-order valence-corrected chi connectivity index (χ4v) is 3.91. The molecule has 0 aromatic heterocycles. The van der Waals surface area contributed by atoms with Crippen LogP contribution in [0.4, 0.5) is 4.39 Å². The minimum absolute atomic E-state index is 0.0617. The van der Waals surface area contributed by atoms with Crippen molar-refractivity contribution in [2.75, 3.05) is 0 Å². The molecule has 1 aliphatic rings. The smallest absolute Gasteiger partial charge is 0.240 e. The Bertz CT molecular complexity index is 671. The highest BCUT2D eigenvalue weighted by molar-refractivity contribution is 7.89. The molecule has 0 bridgehead atoms. The Labute approximate surface area is 131 Å². The van der Waals surface area contributed by atoms with E-state index in [4.69, 9.17) is 0 Å². The van der Waals surface area contributed by atoms with E-state index >= 15 is 0 Å². The number of carbonyl (C=O) groups excluding carboxylic acids is 1. The van der Waals surface area contributed by atoms with E-state index in [0.29, 0.717) is 0 Å². The van der Waals surface area contributed by atoms with Crippen LogP contribution < -0.4 is 4.72 Å². The van der Waals surface area contributed by atoms with E-state index in [0.717, 1.165) is 37.8 Å². The van der Waals surface area contributed by atoms with Gasteiger partial charge in [-0.15, -0.1) is 0 Å². The van der Waals surface area contributed by atoms with Gasteiger partial charge in [-0.05, 0) is 31.0 Å². The molecule has 4 nitrogen and oxygen atoms in total. The summed E-state index contributed by atoms with van der Waals surface area (Å²) in [6.07, 6.45) is 3.64. The molecule has 0 heterocycles. The van der Waals surface area contributed by atoms with Gasteiger partial charge in [-0.3, -0.25) is 4.79 Å². The Morgan fingerprint density at radius 1 is 1.23 bits per heavy atom. The molecule has 2 rings (SSSR count). The van der Waals surface area contributed by atoms with Crippen LogP contribution in [-0.2, 0) is 10.0 Å². The van der Waals surface area contributed by atoms with Crippen LogP contribution in [0, 0.1) is 11.2 Å². The second-order valence-electron chi connectivity index (χ2n) is 6.82. The van der Waals surface area contributed by atoms with Gasteiger partial charge in [-0.25, -0.2) is 17.5 Å². The summed E-state index contributed by atoms with van der Waals surface area (Å²) in [5.41, 5.74) is -0.955. The molecular formula is C16H22FNO3S. The van der Waals surface area contributed by atoms with Crippen LogP contribution in [0.3, 0.4) is 0 Å². The molecule has 6 heteroatoms. The van der Waals surface area contributed by atoms with Crippen molar-refractivity contribution < 1.29 is 17.6 Å². The molecule has 1 aliphatic carbocycles. The van der Waals surface area contributed by atoms with Crippen molar-refractivity contribution >= 4 is 15.8 Å². The van der Waals surface area contributed by atoms with E-state index in [9.17, 15) is 17.6 Å². The highest BCUT2D eigenvalue weighted by Gasteiger charge is 2.28. The average molecular weight is 327 g/mol. The third-order valence-electron chi connectivity index (χ3n) is 3.85. The van der Waals surface area contributed by atoms with E-state index in [1.54, 1.807) is 20.8 Å². The third kappa shape index (κ3) is 3.73. The molecule has 0 aliphatic heterocycles. The molecule has 0 atom stereocenters. The highest BCUT2D eigenvalue weighted by Crippen LogP contribution is 2.26. The van der Waals surface area contributed by atoms with Crippen LogP contribution in [0.2, 0.25) is 0 Å². The molecule has 0 unspecified atom stereocenters. The lowest BCUT2D eigenvalue weighted by Crippen LogP contribution is -2.33. The van der Waals surface area contributed by atoms with Gasteiger partial charge in [0.1, 0.15) is 5.82 Å². The van der Waals surface area contributed by atoms with E-state index in [-0.39, 0.29) is 16.5 Å². The first-order chi connectivity index (χ1) is 10.1. The molecule has 0 spiro atoms. The summed E-state index contributed by atoms with van der Waals surface area (Å²) in [4.78, 5) is 12.2. The van der Waals surface area contributed by atoms with Gasteiger partial charge in [-0.2, -0.15) is 0 Å². The Morgan fingerprint density at radius 3 is 2.36 bits per heavy atom. The number of sulfonamides is 1. The molecule has 1 saturated carbocycles. The van der Waals surface area contributed by atoms with Gasteiger partial charge in [0.2, 0.25) is 10.0 Å². The van der Waals surface area contributed by atoms with E-state index in [1.165, 1.54) is 6.07 Å². The monoisotopic (exact) mass is 327 g/mol. The van der Waals surface area contributed by atoms with Crippen molar-refractivity contribution in [2.24, 2.45) is 5.41 Å². The van der Waals surface area contributed by atoms with Crippen molar-refractivity contribution in [1.29, 1.82) is 0 Å². The summed E-state index contributed by atoms with van der Waals surface area (Å²) in [5.74, 6) is -1.11. The number of rotatable bonds is 4. The van der Waals surface area contributed by atoms with Crippen molar-refractivity contribution in [1.82, 2.24) is 4.72 Å². The molecular weight excluding hydrogens is 305 g/mol. The lowest BCUT2D eigenvalue weighted by molar-refractivity contribution is 0.0853. The van der Waals surface area contributed by atoms with Crippen molar-refractivity contribution in [3.8, 4) is 0 Å². The number of carbonyl (C=O) groups is 1. The standard InChI is InChI=1S/C16H22FNO3S/c1-16(2,3)15(19)13-10-12(8-9-14(13)17)22(20,21)18-11-6-4-5-7-11/h8-11,18H,4-7H2,1-3H3. The van der Waals surface area contributed by atoms with Crippen LogP contribution in [0.15, 0.2) is 23.1 Å². The van der Waals surface area contributed by atoms with E-state index < -0.39 is 27.0 Å². The topological polar surface area (TPSA) is 63.2 Å². The molecule has 0 radical (unpaired) electrons. The maximum Gasteiger partial charge on any atom is 0.240 e. The second kappa shape index (κ2) is 6.08. The quantitative estimate of drug-likeness (QED) is 0.863. The number of hydrogen-bond donors (Lipinski definition) is 1. The first-order valence-electron chi connectivity index (χ1n) is 7.48. The Hall–Kier alpha value is -1.27. The molecule has 122 valence electrons. The van der Waals surface area contributed by atoms with Crippen LogP contribution in [0.1, 0.15) is 56.8 Å². The molecule has 1 N–H and O–H groups in total. The first kappa shape index (κ1) is 17.1. The number of nitrogens with one attached hydrogen (secondary N) is 1. The first-order valence-corrected chi connectivity index (χ1v) is 8.96. The molecule has 1 fully saturated rings. The summed E-state index contributed by atoms with van der Waals surface area (Å²) >= 11 is 0. The van der Waals surface area contributed by atoms with Crippen molar-refractivity contribution in [2.45, 2.75) is 57.4 Å². The molecule has 22 heavy (non-hydrogen) atoms. The van der Waals surface area contributed by atoms with Gasteiger partial charge in [-0.1, -0.05) is 33.6 Å². The largest absolute Gasteiger partial charge is 0.293 e. The zero-order valence-corrected chi connectivity index (χ0v) is 14.0. The lowest BCUT2D eigenvalue weighted by Gasteiger charge is -2.18. The minimum atomic E-state index is -3.73. The van der Waals surface area contributed by atoms with E-state index in [1.807, 2.05) is 0 Å². The third-order valence-corrected chi connectivity index (χ3v) is 5.37. The maximum atomic E-state index is 13.9. The average Bonchev–Trinajstić information content (AvgIpc) is 2.89. The van der Waals surface area contributed by atoms with Crippen LogP contribution in [0.25, 0.3) is 0 Å². The second-order valence-corrected chi connectivity index (χ2v) is 8.54. The summed E-state index contributed by atoms with van der Waals surface area (Å²) in [7, 11) is -3.73. The Morgan fingerprint density at radius 2 is 1.82 bits per heavy atom. The normalized spacial score (nSPS) is 16.9. The SMILES string of the molecule is CC(C)(C)C(=O)c1cc(S(=O)(=O)NC2CCCC2)ccc1F. The van der Waals surface area contributed by atoms with Crippen LogP contribution >= 0.6 is 0 Å². The number of halogens is 1.